The average Bonchev–Trinajstić information content (AvgIpc) is 2.28. The summed E-state index contributed by atoms with van der Waals surface area (Å²) < 4.78 is 36.8. The number of nitriles is 1. The molecule has 1 aromatic heterocycles. The summed E-state index contributed by atoms with van der Waals surface area (Å²) in [6.07, 6.45) is -3.13. The van der Waals surface area contributed by atoms with Crippen LogP contribution in [0.5, 0.6) is 0 Å². The molecule has 1 atom stereocenters. The molecule has 0 aliphatic carbocycles. The molecule has 0 spiro atoms. The van der Waals surface area contributed by atoms with Crippen LogP contribution in [0.4, 0.5) is 13.2 Å². The van der Waals surface area contributed by atoms with Crippen molar-refractivity contribution in [2.24, 2.45) is 5.73 Å². The van der Waals surface area contributed by atoms with Gasteiger partial charge in [-0.2, -0.15) is 18.4 Å². The zero-order chi connectivity index (χ0) is 13.8. The predicted molar refractivity (Wildman–Crippen MR) is 62.8 cm³/mol. The van der Waals surface area contributed by atoms with Gasteiger partial charge in [0.05, 0.1) is 16.7 Å². The van der Waals surface area contributed by atoms with Gasteiger partial charge in [-0.1, -0.05) is 0 Å². The van der Waals surface area contributed by atoms with Crippen molar-refractivity contribution in [1.82, 2.24) is 4.98 Å². The third-order valence-electron chi connectivity index (χ3n) is 2.19. The predicted octanol–water partition coefficient (Wildman–Crippen LogP) is 2.82. The van der Waals surface area contributed by atoms with E-state index in [0.717, 1.165) is 12.3 Å². The van der Waals surface area contributed by atoms with Crippen molar-refractivity contribution in [2.75, 3.05) is 5.75 Å². The Bertz CT molecular complexity index is 434. The molecule has 2 N–H and O–H groups in total. The molecule has 7 heteroatoms. The van der Waals surface area contributed by atoms with Crippen molar-refractivity contribution < 1.29 is 13.2 Å². The van der Waals surface area contributed by atoms with Gasteiger partial charge in [-0.05, 0) is 25.5 Å². The third-order valence-corrected chi connectivity index (χ3v) is 3.14. The number of nitrogens with zero attached hydrogens (tertiary/aromatic N) is 2. The first-order valence-electron chi connectivity index (χ1n) is 5.11. The van der Waals surface area contributed by atoms with Gasteiger partial charge in [-0.3, -0.25) is 0 Å². The Balaban J connectivity index is 2.53. The second kappa shape index (κ2) is 5.59. The lowest BCUT2D eigenvalue weighted by Gasteiger charge is -2.14. The minimum Gasteiger partial charge on any atom is -0.314 e. The van der Waals surface area contributed by atoms with Gasteiger partial charge in [0.25, 0.3) is 0 Å². The summed E-state index contributed by atoms with van der Waals surface area (Å²) in [5.41, 5.74) is 3.93. The third kappa shape index (κ3) is 4.55. The van der Waals surface area contributed by atoms with Crippen LogP contribution >= 0.6 is 11.8 Å². The van der Waals surface area contributed by atoms with Crippen molar-refractivity contribution in [3.63, 3.8) is 0 Å². The molecular formula is C11H12F3N3S. The zero-order valence-electron chi connectivity index (χ0n) is 9.66. The highest BCUT2D eigenvalue weighted by Crippen LogP contribution is 2.29. The van der Waals surface area contributed by atoms with Crippen molar-refractivity contribution in [3.8, 4) is 6.07 Å². The van der Waals surface area contributed by atoms with E-state index in [1.807, 2.05) is 6.07 Å². The lowest BCUT2D eigenvalue weighted by Crippen LogP contribution is -2.34. The molecular weight excluding hydrogens is 263 g/mol. The van der Waals surface area contributed by atoms with Crippen LogP contribution < -0.4 is 5.73 Å². The van der Waals surface area contributed by atoms with E-state index in [0.29, 0.717) is 17.2 Å². The van der Waals surface area contributed by atoms with Gasteiger partial charge in [-0.15, -0.1) is 11.8 Å². The highest BCUT2D eigenvalue weighted by Gasteiger charge is 2.30. The number of rotatable bonds is 4. The Morgan fingerprint density at radius 3 is 2.56 bits per heavy atom. The molecule has 0 saturated heterocycles. The first-order chi connectivity index (χ1) is 8.24. The van der Waals surface area contributed by atoms with E-state index in [2.05, 4.69) is 4.98 Å². The molecule has 0 bridgehead atoms. The standard InChI is InChI=1S/C11H12F3N3S/c1-10(16,7-15)4-5-18-9-3-2-8(6-17-9)11(12,13)14/h2-3,6H,4-5,16H2,1H3. The lowest BCUT2D eigenvalue weighted by atomic mass is 10.0. The SMILES string of the molecule is CC(N)(C#N)CCSc1ccc(C(F)(F)F)cn1. The molecule has 0 radical (unpaired) electrons. The monoisotopic (exact) mass is 275 g/mol. The normalized spacial score (nSPS) is 14.9. The number of nitrogens with two attached hydrogens (primary N) is 1. The molecule has 3 nitrogen and oxygen atoms in total. The Morgan fingerprint density at radius 1 is 1.44 bits per heavy atom. The van der Waals surface area contributed by atoms with E-state index in [4.69, 9.17) is 11.0 Å². The van der Waals surface area contributed by atoms with Crippen LogP contribution in [-0.4, -0.2) is 16.3 Å². The van der Waals surface area contributed by atoms with Gasteiger partial charge in [0.1, 0.15) is 5.54 Å². The molecule has 0 aliphatic rings. The van der Waals surface area contributed by atoms with Crippen LogP contribution in [0.3, 0.4) is 0 Å². The van der Waals surface area contributed by atoms with Gasteiger partial charge in [-0.25, -0.2) is 4.98 Å². The van der Waals surface area contributed by atoms with Crippen molar-refractivity contribution >= 4 is 11.8 Å². The average molecular weight is 275 g/mol. The number of thioether (sulfide) groups is 1. The number of alkyl halides is 3. The summed E-state index contributed by atoms with van der Waals surface area (Å²) in [6.45, 7) is 1.60. The summed E-state index contributed by atoms with van der Waals surface area (Å²) in [5.74, 6) is 0.527. The number of aromatic nitrogens is 1. The first-order valence-corrected chi connectivity index (χ1v) is 6.09. The summed E-state index contributed by atoms with van der Waals surface area (Å²) in [6, 6.07) is 4.25. The molecule has 1 rings (SSSR count). The van der Waals surface area contributed by atoms with Crippen molar-refractivity contribution in [1.29, 1.82) is 5.26 Å². The second-order valence-corrected chi connectivity index (χ2v) is 5.13. The highest BCUT2D eigenvalue weighted by molar-refractivity contribution is 7.99. The van der Waals surface area contributed by atoms with Crippen LogP contribution in [0.25, 0.3) is 0 Å². The fraction of sp³-hybridized carbons (Fsp3) is 0.455. The van der Waals surface area contributed by atoms with E-state index in [9.17, 15) is 13.2 Å². The van der Waals surface area contributed by atoms with Gasteiger partial charge in [0.2, 0.25) is 0 Å². The van der Waals surface area contributed by atoms with Gasteiger partial charge in [0.15, 0.2) is 0 Å². The van der Waals surface area contributed by atoms with Gasteiger partial charge < -0.3 is 5.73 Å². The van der Waals surface area contributed by atoms with Crippen LogP contribution in [0.15, 0.2) is 23.4 Å². The second-order valence-electron chi connectivity index (χ2n) is 4.01. The topological polar surface area (TPSA) is 62.7 Å². The summed E-state index contributed by atoms with van der Waals surface area (Å²) in [4.78, 5) is 3.71. The smallest absolute Gasteiger partial charge is 0.314 e. The molecule has 98 valence electrons. The summed E-state index contributed by atoms with van der Waals surface area (Å²) in [7, 11) is 0. The maximum Gasteiger partial charge on any atom is 0.417 e. The lowest BCUT2D eigenvalue weighted by molar-refractivity contribution is -0.137. The Kier molecular flexibility index (Phi) is 4.59. The quantitative estimate of drug-likeness (QED) is 0.858. The molecule has 0 aromatic carbocycles. The minimum absolute atomic E-state index is 0.441. The summed E-state index contributed by atoms with van der Waals surface area (Å²) >= 11 is 1.27. The van der Waals surface area contributed by atoms with Crippen LogP contribution in [0, 0.1) is 11.3 Å². The number of pyridine rings is 1. The van der Waals surface area contributed by atoms with Crippen molar-refractivity contribution in [2.45, 2.75) is 30.1 Å². The minimum atomic E-state index is -4.37. The molecule has 0 saturated carbocycles. The van der Waals surface area contributed by atoms with Gasteiger partial charge in [0, 0.05) is 11.9 Å². The molecule has 0 fully saturated rings. The maximum absolute atomic E-state index is 12.3. The van der Waals surface area contributed by atoms with Crippen molar-refractivity contribution in [3.05, 3.63) is 23.9 Å². The fourth-order valence-corrected chi connectivity index (χ4v) is 2.08. The van der Waals surface area contributed by atoms with E-state index in [1.54, 1.807) is 6.92 Å². The molecule has 1 unspecified atom stereocenters. The van der Waals surface area contributed by atoms with E-state index in [-0.39, 0.29) is 0 Å². The first kappa shape index (κ1) is 14.8. The van der Waals surface area contributed by atoms with E-state index >= 15 is 0 Å². The van der Waals surface area contributed by atoms with Crippen LogP contribution in [0.2, 0.25) is 0 Å². The molecule has 1 aromatic rings. The Hall–Kier alpha value is -1.26. The number of halogens is 3. The van der Waals surface area contributed by atoms with Crippen LogP contribution in [0.1, 0.15) is 18.9 Å². The summed E-state index contributed by atoms with van der Waals surface area (Å²) in [5, 5.41) is 9.18. The Labute approximate surface area is 107 Å². The fourth-order valence-electron chi connectivity index (χ4n) is 1.06. The van der Waals surface area contributed by atoms with E-state index in [1.165, 1.54) is 17.8 Å². The number of hydrogen-bond donors (Lipinski definition) is 1. The number of hydrogen-bond acceptors (Lipinski definition) is 4. The molecule has 0 aliphatic heterocycles. The largest absolute Gasteiger partial charge is 0.417 e. The molecule has 1 heterocycles. The van der Waals surface area contributed by atoms with Crippen LogP contribution in [-0.2, 0) is 6.18 Å². The Morgan fingerprint density at radius 2 is 2.11 bits per heavy atom. The van der Waals surface area contributed by atoms with Gasteiger partial charge >= 0.3 is 6.18 Å². The zero-order valence-corrected chi connectivity index (χ0v) is 10.5. The molecule has 18 heavy (non-hydrogen) atoms. The highest BCUT2D eigenvalue weighted by atomic mass is 32.2. The maximum atomic E-state index is 12.3. The molecule has 0 amide bonds. The van der Waals surface area contributed by atoms with E-state index < -0.39 is 17.3 Å².